The van der Waals surface area contributed by atoms with Crippen molar-refractivity contribution < 1.29 is 5.11 Å². The molecule has 0 aliphatic carbocycles. The molecule has 0 spiro atoms. The van der Waals surface area contributed by atoms with Gasteiger partial charge in [-0.15, -0.1) is 11.3 Å². The van der Waals surface area contributed by atoms with E-state index in [2.05, 4.69) is 18.8 Å². The summed E-state index contributed by atoms with van der Waals surface area (Å²) in [5.41, 5.74) is 3.08. The van der Waals surface area contributed by atoms with Gasteiger partial charge in [-0.05, 0) is 25.5 Å². The minimum absolute atomic E-state index is 0.299. The summed E-state index contributed by atoms with van der Waals surface area (Å²) in [6.45, 7) is 4.53. The Morgan fingerprint density at radius 3 is 3.00 bits per heavy atom. The van der Waals surface area contributed by atoms with Crippen molar-refractivity contribution in [2.75, 3.05) is 12.4 Å². The summed E-state index contributed by atoms with van der Waals surface area (Å²) in [6, 6.07) is 0. The van der Waals surface area contributed by atoms with Crippen LogP contribution in [0.15, 0.2) is 5.51 Å². The first-order chi connectivity index (χ1) is 6.74. The number of aliphatic hydroxyl groups is 1. The number of hydrogen-bond donors (Lipinski definition) is 1. The number of aliphatic hydroxyl groups excluding tert-OH is 1. The summed E-state index contributed by atoms with van der Waals surface area (Å²) in [6.07, 6.45) is 2.00. The van der Waals surface area contributed by atoms with Crippen molar-refractivity contribution in [3.63, 3.8) is 0 Å². The highest BCUT2D eigenvalue weighted by Crippen LogP contribution is 2.19. The first kappa shape index (κ1) is 12.0. The van der Waals surface area contributed by atoms with E-state index in [9.17, 15) is 0 Å². The van der Waals surface area contributed by atoms with Gasteiger partial charge in [0.1, 0.15) is 0 Å². The quantitative estimate of drug-likeness (QED) is 0.816. The zero-order valence-corrected chi connectivity index (χ0v) is 10.3. The number of rotatable bonds is 6. The molecule has 1 rings (SSSR count). The van der Waals surface area contributed by atoms with Crippen LogP contribution in [0.25, 0.3) is 0 Å². The fraction of sp³-hybridized carbons (Fsp3) is 0.700. The fourth-order valence-corrected chi connectivity index (χ4v) is 3.09. The van der Waals surface area contributed by atoms with E-state index in [1.54, 1.807) is 11.3 Å². The maximum absolute atomic E-state index is 8.74. The molecule has 0 fully saturated rings. The van der Waals surface area contributed by atoms with Gasteiger partial charge >= 0.3 is 0 Å². The van der Waals surface area contributed by atoms with Crippen molar-refractivity contribution >= 4 is 23.1 Å². The monoisotopic (exact) mass is 231 g/mol. The first-order valence-corrected chi connectivity index (χ1v) is 6.78. The fourth-order valence-electron chi connectivity index (χ4n) is 1.18. The van der Waals surface area contributed by atoms with Crippen molar-refractivity contribution in [1.82, 2.24) is 4.98 Å². The molecular weight excluding hydrogens is 214 g/mol. The molecule has 0 amide bonds. The largest absolute Gasteiger partial charge is 0.396 e. The molecule has 1 aromatic heterocycles. The predicted molar refractivity (Wildman–Crippen MR) is 64.2 cm³/mol. The van der Waals surface area contributed by atoms with Gasteiger partial charge in [-0.25, -0.2) is 4.98 Å². The third-order valence-electron chi connectivity index (χ3n) is 2.11. The zero-order valence-electron chi connectivity index (χ0n) is 8.69. The van der Waals surface area contributed by atoms with E-state index in [1.165, 1.54) is 10.6 Å². The number of thiazole rings is 1. The minimum Gasteiger partial charge on any atom is -0.396 e. The van der Waals surface area contributed by atoms with Crippen LogP contribution in [0.2, 0.25) is 0 Å². The molecule has 1 atom stereocenters. The molecule has 1 N–H and O–H groups in total. The van der Waals surface area contributed by atoms with Gasteiger partial charge in [-0.2, -0.15) is 11.8 Å². The molecule has 80 valence electrons. The van der Waals surface area contributed by atoms with E-state index < -0.39 is 0 Å². The molecule has 14 heavy (non-hydrogen) atoms. The molecular formula is C10H17NOS2. The van der Waals surface area contributed by atoms with E-state index in [0.717, 1.165) is 18.6 Å². The molecule has 0 aliphatic heterocycles. The van der Waals surface area contributed by atoms with Crippen LogP contribution in [0, 0.1) is 6.92 Å². The number of nitrogens with zero attached hydrogens (tertiary/aromatic N) is 1. The SMILES string of the molecule is Cc1ncsc1CCSC(C)CCO. The highest BCUT2D eigenvalue weighted by Gasteiger charge is 2.04. The van der Waals surface area contributed by atoms with Crippen LogP contribution >= 0.6 is 23.1 Å². The predicted octanol–water partition coefficient (Wildman–Crippen LogP) is 2.50. The third kappa shape index (κ3) is 3.98. The average molecular weight is 231 g/mol. The minimum atomic E-state index is 0.299. The summed E-state index contributed by atoms with van der Waals surface area (Å²) < 4.78 is 0. The van der Waals surface area contributed by atoms with Crippen molar-refractivity contribution in [1.29, 1.82) is 0 Å². The number of aromatic nitrogens is 1. The Labute approximate surface area is 93.8 Å². The lowest BCUT2D eigenvalue weighted by Gasteiger charge is -2.08. The van der Waals surface area contributed by atoms with Gasteiger partial charge in [0.15, 0.2) is 0 Å². The van der Waals surface area contributed by atoms with Crippen LogP contribution in [-0.2, 0) is 6.42 Å². The molecule has 0 aliphatic rings. The van der Waals surface area contributed by atoms with E-state index in [1.807, 2.05) is 17.3 Å². The third-order valence-corrected chi connectivity index (χ3v) is 4.35. The van der Waals surface area contributed by atoms with Crippen LogP contribution in [0.5, 0.6) is 0 Å². The maximum Gasteiger partial charge on any atom is 0.0797 e. The topological polar surface area (TPSA) is 33.1 Å². The lowest BCUT2D eigenvalue weighted by Crippen LogP contribution is -2.01. The lowest BCUT2D eigenvalue weighted by atomic mass is 10.3. The van der Waals surface area contributed by atoms with Crippen LogP contribution < -0.4 is 0 Å². The van der Waals surface area contributed by atoms with Crippen LogP contribution in [0.3, 0.4) is 0 Å². The Hall–Kier alpha value is -0.0600. The summed E-state index contributed by atoms with van der Waals surface area (Å²) in [4.78, 5) is 5.62. The molecule has 0 aromatic carbocycles. The maximum atomic E-state index is 8.74. The summed E-state index contributed by atoms with van der Waals surface area (Å²) >= 11 is 3.67. The van der Waals surface area contributed by atoms with Crippen molar-refractivity contribution in [2.45, 2.75) is 31.9 Å². The first-order valence-electron chi connectivity index (χ1n) is 4.85. The van der Waals surface area contributed by atoms with Gasteiger partial charge in [0, 0.05) is 16.7 Å². The Balaban J connectivity index is 2.19. The number of hydrogen-bond acceptors (Lipinski definition) is 4. The average Bonchev–Trinajstić information content (AvgIpc) is 2.52. The summed E-state index contributed by atoms with van der Waals surface area (Å²) in [5.74, 6) is 1.13. The summed E-state index contributed by atoms with van der Waals surface area (Å²) in [5, 5.41) is 9.31. The van der Waals surface area contributed by atoms with Crippen molar-refractivity contribution in [3.8, 4) is 0 Å². The Morgan fingerprint density at radius 1 is 1.64 bits per heavy atom. The standard InChI is InChI=1S/C10H17NOS2/c1-8(3-5-12)13-6-4-10-9(2)11-7-14-10/h7-8,12H,3-6H2,1-2H3. The van der Waals surface area contributed by atoms with Gasteiger partial charge in [-0.1, -0.05) is 6.92 Å². The van der Waals surface area contributed by atoms with Gasteiger partial charge < -0.3 is 5.11 Å². The second kappa shape index (κ2) is 6.43. The Kier molecular flexibility index (Phi) is 5.52. The van der Waals surface area contributed by atoms with Gasteiger partial charge in [0.05, 0.1) is 11.2 Å². The Morgan fingerprint density at radius 2 is 2.43 bits per heavy atom. The van der Waals surface area contributed by atoms with Crippen LogP contribution in [0.1, 0.15) is 23.9 Å². The molecule has 0 saturated heterocycles. The van der Waals surface area contributed by atoms with Gasteiger partial charge in [0.25, 0.3) is 0 Å². The van der Waals surface area contributed by atoms with Gasteiger partial charge in [-0.3, -0.25) is 0 Å². The second-order valence-corrected chi connectivity index (χ2v) is 5.79. The van der Waals surface area contributed by atoms with Crippen molar-refractivity contribution in [3.05, 3.63) is 16.1 Å². The normalized spacial score (nSPS) is 13.1. The highest BCUT2D eigenvalue weighted by atomic mass is 32.2. The molecule has 0 saturated carbocycles. The molecule has 2 nitrogen and oxygen atoms in total. The van der Waals surface area contributed by atoms with E-state index in [4.69, 9.17) is 5.11 Å². The van der Waals surface area contributed by atoms with Crippen LogP contribution in [0.4, 0.5) is 0 Å². The lowest BCUT2D eigenvalue weighted by molar-refractivity contribution is 0.289. The van der Waals surface area contributed by atoms with Gasteiger partial charge in [0.2, 0.25) is 0 Å². The molecule has 1 unspecified atom stereocenters. The summed E-state index contributed by atoms with van der Waals surface area (Å²) in [7, 11) is 0. The molecule has 4 heteroatoms. The van der Waals surface area contributed by atoms with E-state index in [-0.39, 0.29) is 0 Å². The van der Waals surface area contributed by atoms with Crippen molar-refractivity contribution in [2.24, 2.45) is 0 Å². The van der Waals surface area contributed by atoms with E-state index in [0.29, 0.717) is 11.9 Å². The van der Waals surface area contributed by atoms with Crippen LogP contribution in [-0.4, -0.2) is 27.7 Å². The molecule has 1 heterocycles. The number of aryl methyl sites for hydroxylation is 2. The highest BCUT2D eigenvalue weighted by molar-refractivity contribution is 7.99. The molecule has 0 radical (unpaired) electrons. The molecule has 0 bridgehead atoms. The zero-order chi connectivity index (χ0) is 10.4. The molecule has 1 aromatic rings. The Bertz CT molecular complexity index is 262. The number of thioether (sulfide) groups is 1. The smallest absolute Gasteiger partial charge is 0.0797 e. The van der Waals surface area contributed by atoms with E-state index >= 15 is 0 Å². The second-order valence-electron chi connectivity index (χ2n) is 3.30.